The minimum absolute atomic E-state index is 0.171. The molecule has 22 heavy (non-hydrogen) atoms. The van der Waals surface area contributed by atoms with Crippen LogP contribution < -0.4 is 0 Å². The zero-order valence-electron chi connectivity index (χ0n) is 12.8. The summed E-state index contributed by atoms with van der Waals surface area (Å²) < 4.78 is 7.06. The maximum atomic E-state index is 12.8. The zero-order chi connectivity index (χ0) is 15.1. The number of likely N-dealkylation sites (tertiary alicyclic amines) is 2. The van der Waals surface area contributed by atoms with Crippen molar-refractivity contribution in [3.63, 3.8) is 0 Å². The third-order valence-corrected chi connectivity index (χ3v) is 4.90. The Morgan fingerprint density at radius 3 is 2.95 bits per heavy atom. The van der Waals surface area contributed by atoms with Gasteiger partial charge in [-0.3, -0.25) is 9.69 Å². The van der Waals surface area contributed by atoms with Gasteiger partial charge in [0, 0.05) is 51.0 Å². The van der Waals surface area contributed by atoms with Crippen molar-refractivity contribution in [2.45, 2.75) is 19.0 Å². The number of amides is 1. The van der Waals surface area contributed by atoms with Gasteiger partial charge in [0.25, 0.3) is 5.91 Å². The molecule has 2 unspecified atom stereocenters. The van der Waals surface area contributed by atoms with Crippen LogP contribution in [-0.2, 0) is 13.6 Å². The summed E-state index contributed by atoms with van der Waals surface area (Å²) in [6, 6.07) is 6.20. The molecule has 0 spiro atoms. The summed E-state index contributed by atoms with van der Waals surface area (Å²) in [5.41, 5.74) is 2.00. The van der Waals surface area contributed by atoms with Crippen molar-refractivity contribution in [1.82, 2.24) is 14.4 Å². The average Bonchev–Trinajstić information content (AvgIpc) is 3.20. The van der Waals surface area contributed by atoms with E-state index in [4.69, 9.17) is 4.42 Å². The molecule has 2 aliphatic rings. The number of furan rings is 1. The quantitative estimate of drug-likeness (QED) is 0.870. The lowest BCUT2D eigenvalue weighted by molar-refractivity contribution is 0.0702. The molecule has 4 heterocycles. The molecule has 2 aromatic rings. The molecular formula is C17H21N3O2. The molecule has 0 aliphatic carbocycles. The average molecular weight is 299 g/mol. The van der Waals surface area contributed by atoms with Crippen molar-refractivity contribution >= 4 is 5.91 Å². The van der Waals surface area contributed by atoms with E-state index in [0.29, 0.717) is 12.0 Å². The van der Waals surface area contributed by atoms with E-state index in [2.05, 4.69) is 9.80 Å². The number of aryl methyl sites for hydroxylation is 1. The van der Waals surface area contributed by atoms with Crippen LogP contribution in [0.25, 0.3) is 0 Å². The van der Waals surface area contributed by atoms with Crippen LogP contribution >= 0.6 is 0 Å². The number of carbonyl (C=O) groups excluding carboxylic acids is 1. The SMILES string of the molecule is Cn1cccc1C(=O)N1CC2CC1CN(Cc1ccoc1)C2. The fraction of sp³-hybridized carbons (Fsp3) is 0.471. The van der Waals surface area contributed by atoms with Crippen LogP contribution in [0, 0.1) is 5.92 Å². The van der Waals surface area contributed by atoms with Crippen LogP contribution in [0.5, 0.6) is 0 Å². The molecule has 2 fully saturated rings. The molecule has 2 bridgehead atoms. The van der Waals surface area contributed by atoms with Gasteiger partial charge in [-0.25, -0.2) is 0 Å². The van der Waals surface area contributed by atoms with E-state index in [1.165, 1.54) is 5.56 Å². The van der Waals surface area contributed by atoms with E-state index in [0.717, 1.165) is 38.3 Å². The molecule has 1 amide bonds. The Bertz CT molecular complexity index is 661. The maximum Gasteiger partial charge on any atom is 0.270 e. The number of nitrogens with zero attached hydrogens (tertiary/aromatic N) is 3. The number of carbonyl (C=O) groups is 1. The zero-order valence-corrected chi connectivity index (χ0v) is 12.8. The van der Waals surface area contributed by atoms with Crippen LogP contribution in [0.2, 0.25) is 0 Å². The smallest absolute Gasteiger partial charge is 0.270 e. The van der Waals surface area contributed by atoms with Crippen molar-refractivity contribution < 1.29 is 9.21 Å². The molecule has 5 heteroatoms. The van der Waals surface area contributed by atoms with Crippen molar-refractivity contribution in [3.05, 3.63) is 48.2 Å². The van der Waals surface area contributed by atoms with Crippen LogP contribution in [0.15, 0.2) is 41.3 Å². The van der Waals surface area contributed by atoms with Gasteiger partial charge in [-0.1, -0.05) is 0 Å². The fourth-order valence-corrected chi connectivity index (χ4v) is 3.91. The van der Waals surface area contributed by atoms with Crippen LogP contribution in [0.1, 0.15) is 22.5 Å². The van der Waals surface area contributed by atoms with Gasteiger partial charge in [0.2, 0.25) is 0 Å². The summed E-state index contributed by atoms with van der Waals surface area (Å²) in [7, 11) is 1.93. The lowest BCUT2D eigenvalue weighted by Gasteiger charge is -2.32. The van der Waals surface area contributed by atoms with E-state index in [9.17, 15) is 4.79 Å². The Labute approximate surface area is 130 Å². The number of rotatable bonds is 3. The number of fused-ring (bicyclic) bond motifs is 2. The number of hydrogen-bond donors (Lipinski definition) is 0. The predicted molar refractivity (Wildman–Crippen MR) is 82.3 cm³/mol. The molecule has 2 saturated heterocycles. The summed E-state index contributed by atoms with van der Waals surface area (Å²) in [5, 5.41) is 0. The van der Waals surface area contributed by atoms with E-state index in [-0.39, 0.29) is 5.91 Å². The third-order valence-electron chi connectivity index (χ3n) is 4.90. The Balaban J connectivity index is 1.47. The predicted octanol–water partition coefficient (Wildman–Crippen LogP) is 1.96. The highest BCUT2D eigenvalue weighted by molar-refractivity contribution is 5.93. The topological polar surface area (TPSA) is 41.6 Å². The van der Waals surface area contributed by atoms with E-state index < -0.39 is 0 Å². The molecule has 0 N–H and O–H groups in total. The van der Waals surface area contributed by atoms with Gasteiger partial charge in [-0.05, 0) is 30.5 Å². The second-order valence-electron chi connectivity index (χ2n) is 6.54. The standard InChI is InChI=1S/C17H21N3O2/c1-18-5-2-3-16(18)17(21)20-10-14-7-15(20)11-19(9-14)8-13-4-6-22-12-13/h2-6,12,14-15H,7-11H2,1H3. The number of hydrogen-bond acceptors (Lipinski definition) is 3. The molecule has 0 radical (unpaired) electrons. The van der Waals surface area contributed by atoms with Gasteiger partial charge in [0.1, 0.15) is 5.69 Å². The molecule has 5 nitrogen and oxygen atoms in total. The molecular weight excluding hydrogens is 278 g/mol. The lowest BCUT2D eigenvalue weighted by atomic mass is 9.99. The van der Waals surface area contributed by atoms with Crippen molar-refractivity contribution in [3.8, 4) is 0 Å². The highest BCUT2D eigenvalue weighted by atomic mass is 16.3. The first-order chi connectivity index (χ1) is 10.7. The normalized spacial score (nSPS) is 24.9. The summed E-state index contributed by atoms with van der Waals surface area (Å²) in [6.45, 7) is 3.82. The lowest BCUT2D eigenvalue weighted by Crippen LogP contribution is -2.43. The van der Waals surface area contributed by atoms with Gasteiger partial charge >= 0.3 is 0 Å². The molecule has 0 aromatic carbocycles. The second-order valence-corrected chi connectivity index (χ2v) is 6.54. The molecule has 0 saturated carbocycles. The highest BCUT2D eigenvalue weighted by Gasteiger charge is 2.41. The van der Waals surface area contributed by atoms with Crippen molar-refractivity contribution in [1.29, 1.82) is 0 Å². The van der Waals surface area contributed by atoms with E-state index in [1.807, 2.05) is 42.3 Å². The number of piperidine rings is 1. The highest BCUT2D eigenvalue weighted by Crippen LogP contribution is 2.31. The number of aromatic nitrogens is 1. The molecule has 2 aromatic heterocycles. The summed E-state index contributed by atoms with van der Waals surface area (Å²) in [4.78, 5) is 17.3. The van der Waals surface area contributed by atoms with Crippen LogP contribution in [0.4, 0.5) is 0 Å². The summed E-state index contributed by atoms with van der Waals surface area (Å²) >= 11 is 0. The molecule has 116 valence electrons. The van der Waals surface area contributed by atoms with Gasteiger partial charge in [-0.15, -0.1) is 0 Å². The Morgan fingerprint density at radius 1 is 1.32 bits per heavy atom. The van der Waals surface area contributed by atoms with Crippen molar-refractivity contribution in [2.75, 3.05) is 19.6 Å². The minimum Gasteiger partial charge on any atom is -0.472 e. The Morgan fingerprint density at radius 2 is 2.23 bits per heavy atom. The van der Waals surface area contributed by atoms with Crippen LogP contribution in [0.3, 0.4) is 0 Å². The molecule has 2 atom stereocenters. The first-order valence-corrected chi connectivity index (χ1v) is 7.86. The second kappa shape index (κ2) is 5.32. The van der Waals surface area contributed by atoms with Gasteiger partial charge in [-0.2, -0.15) is 0 Å². The van der Waals surface area contributed by atoms with E-state index in [1.54, 1.807) is 6.26 Å². The largest absolute Gasteiger partial charge is 0.472 e. The summed E-state index contributed by atoms with van der Waals surface area (Å²) in [5.74, 6) is 0.764. The fourth-order valence-electron chi connectivity index (χ4n) is 3.91. The molecule has 4 rings (SSSR count). The first kappa shape index (κ1) is 13.6. The Hall–Kier alpha value is -2.01. The monoisotopic (exact) mass is 299 g/mol. The van der Waals surface area contributed by atoms with Gasteiger partial charge in [0.05, 0.1) is 12.5 Å². The third kappa shape index (κ3) is 2.35. The van der Waals surface area contributed by atoms with Crippen LogP contribution in [-0.4, -0.2) is 46.0 Å². The molecule has 2 aliphatic heterocycles. The summed E-state index contributed by atoms with van der Waals surface area (Å²) in [6.07, 6.45) is 6.60. The minimum atomic E-state index is 0.171. The van der Waals surface area contributed by atoms with Gasteiger partial charge in [0.15, 0.2) is 0 Å². The Kier molecular flexibility index (Phi) is 3.30. The van der Waals surface area contributed by atoms with Crippen molar-refractivity contribution in [2.24, 2.45) is 13.0 Å². The first-order valence-electron chi connectivity index (χ1n) is 7.86. The maximum absolute atomic E-state index is 12.8. The van der Waals surface area contributed by atoms with Gasteiger partial charge < -0.3 is 13.9 Å². The van der Waals surface area contributed by atoms with E-state index >= 15 is 0 Å².